The number of fused-ring (bicyclic) bond motifs is 1. The van der Waals surface area contributed by atoms with Crippen molar-refractivity contribution >= 4 is 28.3 Å². The largest absolute Gasteiger partial charge is 0.494 e. The zero-order chi connectivity index (χ0) is 20.8. The Kier molecular flexibility index (Phi) is 6.69. The van der Waals surface area contributed by atoms with Crippen LogP contribution in [-0.4, -0.2) is 12.5 Å². The summed E-state index contributed by atoms with van der Waals surface area (Å²) in [6, 6.07) is 11.4. The van der Waals surface area contributed by atoms with E-state index >= 15 is 0 Å². The molecule has 1 unspecified atom stereocenters. The van der Waals surface area contributed by atoms with E-state index in [1.165, 1.54) is 16.2 Å². The van der Waals surface area contributed by atoms with E-state index in [2.05, 4.69) is 18.3 Å². The Morgan fingerprint density at radius 2 is 2.10 bits per heavy atom. The fourth-order valence-electron chi connectivity index (χ4n) is 3.32. The molecule has 1 amide bonds. The summed E-state index contributed by atoms with van der Waals surface area (Å²) in [5.74, 6) is 0.834. The molecule has 1 heterocycles. The van der Waals surface area contributed by atoms with Crippen molar-refractivity contribution in [2.24, 2.45) is 5.92 Å². The third-order valence-corrected chi connectivity index (χ3v) is 6.05. The summed E-state index contributed by atoms with van der Waals surface area (Å²) in [5, 5.41) is 22.4. The number of benzene rings is 1. The zero-order valence-electron chi connectivity index (χ0n) is 16.6. The lowest BCUT2D eigenvalue weighted by molar-refractivity contribution is -0.112. The lowest BCUT2D eigenvalue weighted by Gasteiger charge is -2.17. The van der Waals surface area contributed by atoms with E-state index in [-0.39, 0.29) is 5.57 Å². The van der Waals surface area contributed by atoms with Gasteiger partial charge in [0.2, 0.25) is 0 Å². The van der Waals surface area contributed by atoms with Crippen molar-refractivity contribution in [3.8, 4) is 17.9 Å². The van der Waals surface area contributed by atoms with Gasteiger partial charge >= 0.3 is 0 Å². The van der Waals surface area contributed by atoms with E-state index < -0.39 is 5.91 Å². The van der Waals surface area contributed by atoms with Gasteiger partial charge < -0.3 is 10.1 Å². The number of nitriles is 2. The molecule has 0 bridgehead atoms. The van der Waals surface area contributed by atoms with Crippen LogP contribution in [0.2, 0.25) is 0 Å². The Morgan fingerprint density at radius 1 is 1.34 bits per heavy atom. The van der Waals surface area contributed by atoms with Crippen molar-refractivity contribution in [3.63, 3.8) is 0 Å². The molecule has 0 radical (unpaired) electrons. The molecule has 0 saturated heterocycles. The van der Waals surface area contributed by atoms with Crippen LogP contribution in [0.4, 0.5) is 5.00 Å². The molecule has 1 atom stereocenters. The summed E-state index contributed by atoms with van der Waals surface area (Å²) in [6.45, 7) is 4.88. The number of carbonyl (C=O) groups excluding carboxylic acids is 1. The minimum Gasteiger partial charge on any atom is -0.494 e. The van der Waals surface area contributed by atoms with E-state index in [4.69, 9.17) is 4.74 Å². The summed E-state index contributed by atoms with van der Waals surface area (Å²) in [5.41, 5.74) is 2.33. The molecule has 0 fully saturated rings. The van der Waals surface area contributed by atoms with E-state index in [1.54, 1.807) is 6.08 Å². The number of hydrogen-bond donors (Lipinski definition) is 1. The Labute approximate surface area is 175 Å². The molecule has 1 aromatic heterocycles. The summed E-state index contributed by atoms with van der Waals surface area (Å²) >= 11 is 1.45. The van der Waals surface area contributed by atoms with Crippen molar-refractivity contribution in [3.05, 3.63) is 51.4 Å². The van der Waals surface area contributed by atoms with Gasteiger partial charge in [-0.15, -0.1) is 11.3 Å². The predicted molar refractivity (Wildman–Crippen MR) is 115 cm³/mol. The van der Waals surface area contributed by atoms with Gasteiger partial charge in [0.05, 0.1) is 12.2 Å². The number of carbonyl (C=O) groups is 1. The topological polar surface area (TPSA) is 85.9 Å². The van der Waals surface area contributed by atoms with Crippen LogP contribution in [0.3, 0.4) is 0 Å². The van der Waals surface area contributed by atoms with Crippen LogP contribution in [0, 0.1) is 28.6 Å². The average Bonchev–Trinajstić information content (AvgIpc) is 3.06. The van der Waals surface area contributed by atoms with Crippen LogP contribution in [0.1, 0.15) is 48.3 Å². The maximum absolute atomic E-state index is 12.7. The highest BCUT2D eigenvalue weighted by atomic mass is 32.1. The van der Waals surface area contributed by atoms with Crippen molar-refractivity contribution in [1.82, 2.24) is 0 Å². The predicted octanol–water partition coefficient (Wildman–Crippen LogP) is 5.08. The molecule has 2 aromatic rings. The number of ether oxygens (including phenoxy) is 1. The van der Waals surface area contributed by atoms with E-state index in [0.717, 1.165) is 42.6 Å². The fourth-order valence-corrected chi connectivity index (χ4v) is 4.68. The number of nitrogens with zero attached hydrogens (tertiary/aromatic N) is 2. The second-order valence-corrected chi connectivity index (χ2v) is 8.31. The smallest absolute Gasteiger partial charge is 0.266 e. The van der Waals surface area contributed by atoms with Gasteiger partial charge in [-0.25, -0.2) is 0 Å². The van der Waals surface area contributed by atoms with Crippen LogP contribution in [0.15, 0.2) is 29.8 Å². The first-order chi connectivity index (χ1) is 14.0. The van der Waals surface area contributed by atoms with E-state index in [0.29, 0.717) is 23.1 Å². The van der Waals surface area contributed by atoms with Crippen LogP contribution in [-0.2, 0) is 17.6 Å². The van der Waals surface area contributed by atoms with Crippen molar-refractivity contribution < 1.29 is 9.53 Å². The minimum absolute atomic E-state index is 0.00384. The molecule has 1 aliphatic rings. The normalized spacial score (nSPS) is 15.7. The summed E-state index contributed by atoms with van der Waals surface area (Å²) in [4.78, 5) is 13.8. The van der Waals surface area contributed by atoms with Crippen LogP contribution >= 0.6 is 11.3 Å². The first-order valence-corrected chi connectivity index (χ1v) is 10.6. The highest BCUT2D eigenvalue weighted by molar-refractivity contribution is 7.16. The second kappa shape index (κ2) is 9.41. The first kappa shape index (κ1) is 20.6. The Morgan fingerprint density at radius 3 is 2.76 bits per heavy atom. The molecule has 1 aromatic carbocycles. The molecule has 0 spiro atoms. The fraction of sp³-hybridized carbons (Fsp3) is 0.348. The monoisotopic (exact) mass is 405 g/mol. The zero-order valence-corrected chi connectivity index (χ0v) is 17.4. The van der Waals surface area contributed by atoms with Crippen molar-refractivity contribution in [2.75, 3.05) is 11.9 Å². The van der Waals surface area contributed by atoms with Gasteiger partial charge in [0.1, 0.15) is 28.5 Å². The maximum atomic E-state index is 12.7. The summed E-state index contributed by atoms with van der Waals surface area (Å²) in [7, 11) is 0. The maximum Gasteiger partial charge on any atom is 0.266 e. The summed E-state index contributed by atoms with van der Waals surface area (Å²) < 4.78 is 5.55. The third kappa shape index (κ3) is 4.85. The van der Waals surface area contributed by atoms with E-state index in [9.17, 15) is 15.3 Å². The van der Waals surface area contributed by atoms with Gasteiger partial charge in [-0.2, -0.15) is 10.5 Å². The number of anilines is 1. The van der Waals surface area contributed by atoms with Gasteiger partial charge in [-0.3, -0.25) is 4.79 Å². The second-order valence-electron chi connectivity index (χ2n) is 7.21. The molecular formula is C23H23N3O2S. The lowest BCUT2D eigenvalue weighted by Crippen LogP contribution is -2.13. The number of hydrogen-bond acceptors (Lipinski definition) is 5. The van der Waals surface area contributed by atoms with Gasteiger partial charge in [-0.05, 0) is 60.9 Å². The SMILES string of the molecule is CCCOc1ccc(/C=C(\C#N)C(=O)Nc2sc3c(c2C#N)CCC(C)C3)cc1. The van der Waals surface area contributed by atoms with E-state index in [1.807, 2.05) is 37.3 Å². The van der Waals surface area contributed by atoms with Gasteiger partial charge in [0.15, 0.2) is 0 Å². The number of amides is 1. The number of nitrogens with one attached hydrogen (secondary N) is 1. The molecule has 3 rings (SSSR count). The molecule has 0 saturated carbocycles. The molecule has 29 heavy (non-hydrogen) atoms. The van der Waals surface area contributed by atoms with Gasteiger partial charge in [0, 0.05) is 4.88 Å². The first-order valence-electron chi connectivity index (χ1n) is 9.76. The number of rotatable bonds is 6. The standard InChI is InChI=1S/C23H23N3O2S/c1-3-10-28-18-7-5-16(6-8-18)12-17(13-24)22(27)26-23-20(14-25)19-9-4-15(2)11-21(19)29-23/h5-8,12,15H,3-4,9-11H2,1-2H3,(H,26,27)/b17-12+. The molecular weight excluding hydrogens is 382 g/mol. The Balaban J connectivity index is 1.78. The third-order valence-electron chi connectivity index (χ3n) is 4.88. The van der Waals surface area contributed by atoms with Crippen molar-refractivity contribution in [2.45, 2.75) is 39.5 Å². The molecule has 5 nitrogen and oxygen atoms in total. The van der Waals surface area contributed by atoms with Crippen LogP contribution < -0.4 is 10.1 Å². The van der Waals surface area contributed by atoms with Crippen molar-refractivity contribution in [1.29, 1.82) is 10.5 Å². The molecule has 6 heteroatoms. The van der Waals surface area contributed by atoms with Gasteiger partial charge in [-0.1, -0.05) is 26.0 Å². The quantitative estimate of drug-likeness (QED) is 0.536. The van der Waals surface area contributed by atoms with Crippen LogP contribution in [0.5, 0.6) is 5.75 Å². The Hall–Kier alpha value is -3.09. The molecule has 0 aliphatic heterocycles. The minimum atomic E-state index is -0.498. The lowest BCUT2D eigenvalue weighted by atomic mass is 9.88. The highest BCUT2D eigenvalue weighted by Crippen LogP contribution is 2.39. The Bertz CT molecular complexity index is 1010. The molecule has 148 valence electrons. The molecule has 1 aliphatic carbocycles. The number of thiophene rings is 1. The van der Waals surface area contributed by atoms with Gasteiger partial charge in [0.25, 0.3) is 5.91 Å². The molecule has 1 N–H and O–H groups in total. The van der Waals surface area contributed by atoms with Crippen LogP contribution in [0.25, 0.3) is 6.08 Å². The average molecular weight is 406 g/mol. The highest BCUT2D eigenvalue weighted by Gasteiger charge is 2.25. The summed E-state index contributed by atoms with van der Waals surface area (Å²) in [6.07, 6.45) is 5.31.